The third-order valence-corrected chi connectivity index (χ3v) is 5.80. The SMILES string of the molecule is Cc1ccccc1C(=O)NCCNC(=O)Nc1c2c(cc3c1CCC3)CCC2. The van der Waals surface area contributed by atoms with Gasteiger partial charge in [0.2, 0.25) is 0 Å². The largest absolute Gasteiger partial charge is 0.350 e. The smallest absolute Gasteiger partial charge is 0.319 e. The number of carbonyl (C=O) groups excluding carboxylic acids is 2. The van der Waals surface area contributed by atoms with Crippen LogP contribution >= 0.6 is 0 Å². The predicted octanol–water partition coefficient (Wildman–Crippen LogP) is 3.52. The Kier molecular flexibility index (Phi) is 5.33. The van der Waals surface area contributed by atoms with Gasteiger partial charge in [0.1, 0.15) is 0 Å². The van der Waals surface area contributed by atoms with Crippen molar-refractivity contribution in [2.45, 2.75) is 45.4 Å². The van der Waals surface area contributed by atoms with Crippen LogP contribution in [-0.2, 0) is 25.7 Å². The van der Waals surface area contributed by atoms with E-state index in [1.165, 1.54) is 35.1 Å². The lowest BCUT2D eigenvalue weighted by Gasteiger charge is -2.16. The second kappa shape index (κ2) is 8.05. The van der Waals surface area contributed by atoms with Crippen molar-refractivity contribution in [2.24, 2.45) is 0 Å². The fourth-order valence-corrected chi connectivity index (χ4v) is 4.40. The highest BCUT2D eigenvalue weighted by atomic mass is 16.2. The zero-order chi connectivity index (χ0) is 19.5. The van der Waals surface area contributed by atoms with Gasteiger partial charge in [-0.05, 0) is 79.3 Å². The molecule has 0 heterocycles. The van der Waals surface area contributed by atoms with Gasteiger partial charge in [0.05, 0.1) is 0 Å². The standard InChI is InChI=1S/C23H27N3O2/c1-15-6-2-3-9-18(15)22(27)24-12-13-25-23(28)26-21-19-10-4-7-16(19)14-17-8-5-11-20(17)21/h2-3,6,9,14H,4-5,7-8,10-13H2,1H3,(H,24,27)(H2,25,26,28). The van der Waals surface area contributed by atoms with E-state index in [-0.39, 0.29) is 11.9 Å². The number of hydrogen-bond donors (Lipinski definition) is 3. The van der Waals surface area contributed by atoms with E-state index in [9.17, 15) is 9.59 Å². The molecule has 3 amide bonds. The number of anilines is 1. The first-order chi connectivity index (χ1) is 13.6. The summed E-state index contributed by atoms with van der Waals surface area (Å²) in [5.41, 5.74) is 8.11. The molecular formula is C23H27N3O2. The van der Waals surface area contributed by atoms with Gasteiger partial charge in [-0.2, -0.15) is 0 Å². The molecule has 5 heteroatoms. The molecule has 2 aliphatic rings. The molecule has 146 valence electrons. The third-order valence-electron chi connectivity index (χ3n) is 5.80. The zero-order valence-electron chi connectivity index (χ0n) is 16.4. The van der Waals surface area contributed by atoms with E-state index in [0.717, 1.165) is 36.9 Å². The normalized spacial score (nSPS) is 14.3. The maximum absolute atomic E-state index is 12.4. The van der Waals surface area contributed by atoms with Gasteiger partial charge < -0.3 is 16.0 Å². The number of benzene rings is 2. The number of hydrogen-bond acceptors (Lipinski definition) is 2. The summed E-state index contributed by atoms with van der Waals surface area (Å²) in [5.74, 6) is -0.112. The van der Waals surface area contributed by atoms with Crippen LogP contribution in [0.4, 0.5) is 10.5 Å². The van der Waals surface area contributed by atoms with Crippen LogP contribution in [-0.4, -0.2) is 25.0 Å². The summed E-state index contributed by atoms with van der Waals surface area (Å²) < 4.78 is 0. The molecule has 3 N–H and O–H groups in total. The summed E-state index contributed by atoms with van der Waals surface area (Å²) in [7, 11) is 0. The second-order valence-electron chi connectivity index (χ2n) is 7.69. The number of rotatable bonds is 5. The molecular weight excluding hydrogens is 350 g/mol. The monoisotopic (exact) mass is 377 g/mol. The maximum Gasteiger partial charge on any atom is 0.319 e. The predicted molar refractivity (Wildman–Crippen MR) is 111 cm³/mol. The molecule has 0 unspecified atom stereocenters. The van der Waals surface area contributed by atoms with Crippen LogP contribution in [0.15, 0.2) is 30.3 Å². The van der Waals surface area contributed by atoms with Gasteiger partial charge in [-0.3, -0.25) is 4.79 Å². The first-order valence-corrected chi connectivity index (χ1v) is 10.2. The average molecular weight is 377 g/mol. The molecule has 0 fully saturated rings. The van der Waals surface area contributed by atoms with Gasteiger partial charge in [-0.15, -0.1) is 0 Å². The first kappa shape index (κ1) is 18.5. The molecule has 0 aliphatic heterocycles. The molecule has 4 rings (SSSR count). The van der Waals surface area contributed by atoms with Crippen LogP contribution in [0.2, 0.25) is 0 Å². The second-order valence-corrected chi connectivity index (χ2v) is 7.69. The van der Waals surface area contributed by atoms with Crippen molar-refractivity contribution in [2.75, 3.05) is 18.4 Å². The highest BCUT2D eigenvalue weighted by molar-refractivity contribution is 5.95. The molecule has 2 aromatic carbocycles. The Hall–Kier alpha value is -2.82. The Labute approximate surface area is 165 Å². The van der Waals surface area contributed by atoms with Gasteiger partial charge in [-0.1, -0.05) is 24.3 Å². The first-order valence-electron chi connectivity index (χ1n) is 10.2. The summed E-state index contributed by atoms with van der Waals surface area (Å²) in [5, 5.41) is 8.84. The van der Waals surface area contributed by atoms with E-state index < -0.39 is 0 Å². The number of amides is 3. The fraction of sp³-hybridized carbons (Fsp3) is 0.391. The summed E-state index contributed by atoms with van der Waals surface area (Å²) >= 11 is 0. The molecule has 2 aliphatic carbocycles. The Morgan fingerprint density at radius 3 is 2.21 bits per heavy atom. The highest BCUT2D eigenvalue weighted by Gasteiger charge is 2.24. The highest BCUT2D eigenvalue weighted by Crippen LogP contribution is 2.38. The van der Waals surface area contributed by atoms with E-state index in [2.05, 4.69) is 22.0 Å². The van der Waals surface area contributed by atoms with Crippen LogP contribution in [0.3, 0.4) is 0 Å². The zero-order valence-corrected chi connectivity index (χ0v) is 16.4. The lowest BCUT2D eigenvalue weighted by molar-refractivity contribution is 0.0953. The Morgan fingerprint density at radius 1 is 0.893 bits per heavy atom. The molecule has 28 heavy (non-hydrogen) atoms. The number of carbonyl (C=O) groups is 2. The maximum atomic E-state index is 12.4. The van der Waals surface area contributed by atoms with E-state index in [0.29, 0.717) is 18.7 Å². The molecule has 2 aromatic rings. The van der Waals surface area contributed by atoms with Crippen molar-refractivity contribution in [1.29, 1.82) is 0 Å². The van der Waals surface area contributed by atoms with Crippen LogP contribution < -0.4 is 16.0 Å². The minimum Gasteiger partial charge on any atom is -0.350 e. The molecule has 0 spiro atoms. The van der Waals surface area contributed by atoms with Crippen LogP contribution in [0.1, 0.15) is 51.0 Å². The lowest BCUT2D eigenvalue weighted by Crippen LogP contribution is -2.37. The molecule has 0 saturated carbocycles. The van der Waals surface area contributed by atoms with Crippen molar-refractivity contribution >= 4 is 17.6 Å². The molecule has 5 nitrogen and oxygen atoms in total. The summed E-state index contributed by atoms with van der Waals surface area (Å²) in [6, 6.07) is 9.65. The van der Waals surface area contributed by atoms with Gasteiger partial charge in [0.15, 0.2) is 0 Å². The fourth-order valence-electron chi connectivity index (χ4n) is 4.40. The van der Waals surface area contributed by atoms with Gasteiger partial charge in [-0.25, -0.2) is 4.79 Å². The van der Waals surface area contributed by atoms with Crippen molar-refractivity contribution in [3.8, 4) is 0 Å². The summed E-state index contributed by atoms with van der Waals surface area (Å²) in [4.78, 5) is 24.7. The van der Waals surface area contributed by atoms with Gasteiger partial charge >= 0.3 is 6.03 Å². The van der Waals surface area contributed by atoms with Gasteiger partial charge in [0, 0.05) is 24.3 Å². The third kappa shape index (κ3) is 3.75. The molecule has 0 bridgehead atoms. The minimum absolute atomic E-state index is 0.112. The minimum atomic E-state index is -0.195. The average Bonchev–Trinajstić information content (AvgIpc) is 3.34. The number of urea groups is 1. The van der Waals surface area contributed by atoms with Crippen molar-refractivity contribution in [3.05, 3.63) is 63.7 Å². The quantitative estimate of drug-likeness (QED) is 0.698. The van der Waals surface area contributed by atoms with Crippen LogP contribution in [0.25, 0.3) is 0 Å². The topological polar surface area (TPSA) is 70.2 Å². The Balaban J connectivity index is 1.31. The molecule has 0 atom stereocenters. The van der Waals surface area contributed by atoms with E-state index in [4.69, 9.17) is 0 Å². The summed E-state index contributed by atoms with van der Waals surface area (Å²) in [6.45, 7) is 2.70. The van der Waals surface area contributed by atoms with Crippen molar-refractivity contribution < 1.29 is 9.59 Å². The van der Waals surface area contributed by atoms with Crippen molar-refractivity contribution in [1.82, 2.24) is 10.6 Å². The van der Waals surface area contributed by atoms with Crippen molar-refractivity contribution in [3.63, 3.8) is 0 Å². The molecule has 0 aromatic heterocycles. The van der Waals surface area contributed by atoms with E-state index >= 15 is 0 Å². The molecule has 0 radical (unpaired) electrons. The Bertz CT molecular complexity index is 888. The number of fused-ring (bicyclic) bond motifs is 2. The molecule has 0 saturated heterocycles. The number of nitrogens with one attached hydrogen (secondary N) is 3. The lowest BCUT2D eigenvalue weighted by atomic mass is 9.99. The van der Waals surface area contributed by atoms with E-state index in [1.54, 1.807) is 6.07 Å². The number of aryl methyl sites for hydroxylation is 3. The van der Waals surface area contributed by atoms with Crippen LogP contribution in [0.5, 0.6) is 0 Å². The van der Waals surface area contributed by atoms with Gasteiger partial charge in [0.25, 0.3) is 5.91 Å². The van der Waals surface area contributed by atoms with E-state index in [1.807, 2.05) is 25.1 Å². The summed E-state index contributed by atoms with van der Waals surface area (Å²) in [6.07, 6.45) is 6.65. The Morgan fingerprint density at radius 2 is 1.54 bits per heavy atom. The van der Waals surface area contributed by atoms with Crippen LogP contribution in [0, 0.1) is 6.92 Å².